The van der Waals surface area contributed by atoms with E-state index in [2.05, 4.69) is 16.6 Å². The van der Waals surface area contributed by atoms with Gasteiger partial charge in [-0.1, -0.05) is 6.58 Å². The number of piperidine rings is 1. The quantitative estimate of drug-likeness (QED) is 0.778. The molecule has 0 spiro atoms. The van der Waals surface area contributed by atoms with Gasteiger partial charge in [0.25, 0.3) is 0 Å². The van der Waals surface area contributed by atoms with Crippen molar-refractivity contribution in [2.75, 3.05) is 6.54 Å². The van der Waals surface area contributed by atoms with Crippen LogP contribution in [0, 0.1) is 0 Å². The summed E-state index contributed by atoms with van der Waals surface area (Å²) in [6, 6.07) is 0.0993. The third kappa shape index (κ3) is 4.53. The highest BCUT2D eigenvalue weighted by Gasteiger charge is 2.35. The third-order valence-corrected chi connectivity index (χ3v) is 4.08. The van der Waals surface area contributed by atoms with Crippen LogP contribution in [0.3, 0.4) is 0 Å². The molecule has 1 fully saturated rings. The summed E-state index contributed by atoms with van der Waals surface area (Å²) < 4.78 is 5.40. The minimum Gasteiger partial charge on any atom is -0.447 e. The first-order chi connectivity index (χ1) is 10.9. The van der Waals surface area contributed by atoms with Gasteiger partial charge in [-0.05, 0) is 52.2 Å². The third-order valence-electron chi connectivity index (χ3n) is 4.08. The van der Waals surface area contributed by atoms with E-state index in [1.165, 1.54) is 0 Å². The molecule has 0 radical (unpaired) electrons. The number of hydrogen-bond donors (Lipinski definition) is 0. The summed E-state index contributed by atoms with van der Waals surface area (Å²) >= 11 is 0. The molecule has 2 heterocycles. The molecule has 2 unspecified atom stereocenters. The average Bonchev–Trinajstić information content (AvgIpc) is 2.54. The highest BCUT2D eigenvalue weighted by atomic mass is 16.6. The van der Waals surface area contributed by atoms with Gasteiger partial charge in [0.15, 0.2) is 0 Å². The smallest absolute Gasteiger partial charge is 0.410 e. The Kier molecular flexibility index (Phi) is 5.74. The van der Waals surface area contributed by atoms with Gasteiger partial charge in [0, 0.05) is 24.9 Å². The molecule has 1 saturated heterocycles. The van der Waals surface area contributed by atoms with Crippen LogP contribution in [0.1, 0.15) is 47.0 Å². The molecule has 126 valence electrons. The van der Waals surface area contributed by atoms with E-state index in [0.29, 0.717) is 6.42 Å². The van der Waals surface area contributed by atoms with Crippen molar-refractivity contribution in [2.24, 2.45) is 9.98 Å². The van der Waals surface area contributed by atoms with Gasteiger partial charge in [-0.25, -0.2) is 4.79 Å². The van der Waals surface area contributed by atoms with Crippen LogP contribution in [0.15, 0.2) is 33.9 Å². The Bertz CT molecular complexity index is 561. The number of hydrogen-bond acceptors (Lipinski definition) is 4. The Hall–Kier alpha value is -1.91. The minimum atomic E-state index is -0.245. The molecule has 0 N–H and O–H groups in total. The van der Waals surface area contributed by atoms with E-state index in [1.807, 2.05) is 38.7 Å². The maximum Gasteiger partial charge on any atom is 0.410 e. The molecule has 0 aromatic carbocycles. The molecule has 2 aliphatic rings. The maximum absolute atomic E-state index is 12.4. The van der Waals surface area contributed by atoms with Crippen molar-refractivity contribution in [2.45, 2.75) is 65.1 Å². The predicted molar refractivity (Wildman–Crippen MR) is 94.2 cm³/mol. The lowest BCUT2D eigenvalue weighted by atomic mass is 9.93. The van der Waals surface area contributed by atoms with Crippen LogP contribution in [0.25, 0.3) is 0 Å². The second-order valence-corrected chi connectivity index (χ2v) is 6.58. The summed E-state index contributed by atoms with van der Waals surface area (Å²) in [6.07, 6.45) is 5.98. The molecule has 5 nitrogen and oxygen atoms in total. The first kappa shape index (κ1) is 17.4. The zero-order chi connectivity index (χ0) is 17.0. The summed E-state index contributed by atoms with van der Waals surface area (Å²) in [4.78, 5) is 23.6. The minimum absolute atomic E-state index is 0.00729. The number of amides is 1. The number of rotatable bonds is 2. The molecule has 0 aliphatic carbocycles. The van der Waals surface area contributed by atoms with Gasteiger partial charge in [-0.15, -0.1) is 0 Å². The SMILES string of the molecule is C=C(C)C1=C/C=N\C2CCCN(C(=O)OC(C)C)C2C\C(C)=N\1. The van der Waals surface area contributed by atoms with Gasteiger partial charge < -0.3 is 9.64 Å². The Balaban J connectivity index is 2.27. The highest BCUT2D eigenvalue weighted by Crippen LogP contribution is 2.26. The van der Waals surface area contributed by atoms with E-state index < -0.39 is 0 Å². The van der Waals surface area contributed by atoms with Crippen LogP contribution in [-0.2, 0) is 4.74 Å². The molecule has 0 saturated carbocycles. The van der Waals surface area contributed by atoms with Crippen molar-refractivity contribution >= 4 is 18.0 Å². The number of nitrogens with zero attached hydrogens (tertiary/aromatic N) is 3. The molecule has 2 aliphatic heterocycles. The number of allylic oxidation sites excluding steroid dienone is 2. The number of aliphatic imine (C=N–C) groups is 2. The fraction of sp³-hybridized carbons (Fsp3) is 0.611. The first-order valence-electron chi connectivity index (χ1n) is 8.29. The maximum atomic E-state index is 12.4. The lowest BCUT2D eigenvalue weighted by Crippen LogP contribution is -2.51. The second kappa shape index (κ2) is 7.57. The fourth-order valence-electron chi connectivity index (χ4n) is 3.01. The lowest BCUT2D eigenvalue weighted by Gasteiger charge is -2.39. The zero-order valence-corrected chi connectivity index (χ0v) is 14.6. The standard InChI is InChI=1S/C18H27N3O2/c1-12(2)15-8-9-19-16-7-6-10-21(18(22)23-13(3)4)17(16)11-14(5)20-15/h8-9,13,16-17H,1,6-7,10-11H2,2-5H3/b15-8-,19-9-,20-14+. The van der Waals surface area contributed by atoms with E-state index in [0.717, 1.165) is 36.4 Å². The number of ether oxygens (including phenoxy) is 1. The number of carbonyl (C=O) groups excluding carboxylic acids is 1. The summed E-state index contributed by atoms with van der Waals surface area (Å²) in [5.41, 5.74) is 2.75. The molecule has 5 heteroatoms. The average molecular weight is 317 g/mol. The molecular formula is C18H27N3O2. The topological polar surface area (TPSA) is 54.3 Å². The van der Waals surface area contributed by atoms with Crippen molar-refractivity contribution in [3.63, 3.8) is 0 Å². The van der Waals surface area contributed by atoms with Gasteiger partial charge in [0.2, 0.25) is 0 Å². The van der Waals surface area contributed by atoms with Gasteiger partial charge in [-0.2, -0.15) is 0 Å². The molecule has 23 heavy (non-hydrogen) atoms. The normalized spacial score (nSPS) is 30.7. The van der Waals surface area contributed by atoms with Crippen LogP contribution in [0.4, 0.5) is 4.79 Å². The van der Waals surface area contributed by atoms with Gasteiger partial charge in [-0.3, -0.25) is 9.98 Å². The summed E-state index contributed by atoms with van der Waals surface area (Å²) in [5, 5.41) is 0. The number of fused-ring (bicyclic) bond motifs is 1. The lowest BCUT2D eigenvalue weighted by molar-refractivity contribution is 0.0497. The Morgan fingerprint density at radius 2 is 2.22 bits per heavy atom. The monoisotopic (exact) mass is 317 g/mol. The van der Waals surface area contributed by atoms with Crippen LogP contribution in [-0.4, -0.2) is 47.7 Å². The molecule has 0 aromatic heterocycles. The summed E-state index contributed by atoms with van der Waals surface area (Å²) in [7, 11) is 0. The predicted octanol–water partition coefficient (Wildman–Crippen LogP) is 3.76. The molecule has 1 amide bonds. The van der Waals surface area contributed by atoms with Crippen molar-refractivity contribution in [3.8, 4) is 0 Å². The zero-order valence-electron chi connectivity index (χ0n) is 14.6. The highest BCUT2D eigenvalue weighted by molar-refractivity contribution is 5.86. The first-order valence-corrected chi connectivity index (χ1v) is 8.29. The molecule has 2 rings (SSSR count). The van der Waals surface area contributed by atoms with Gasteiger partial charge in [0.05, 0.1) is 23.9 Å². The second-order valence-electron chi connectivity index (χ2n) is 6.58. The van der Waals surface area contributed by atoms with Gasteiger partial charge >= 0.3 is 6.09 Å². The van der Waals surface area contributed by atoms with Crippen LogP contribution in [0.2, 0.25) is 0 Å². The number of likely N-dealkylation sites (tertiary alicyclic amines) is 1. The molecule has 0 aromatic rings. The molecule has 0 bridgehead atoms. The Labute approximate surface area is 138 Å². The van der Waals surface area contributed by atoms with E-state index in [1.54, 1.807) is 6.21 Å². The van der Waals surface area contributed by atoms with E-state index >= 15 is 0 Å². The Morgan fingerprint density at radius 3 is 2.87 bits per heavy atom. The van der Waals surface area contributed by atoms with E-state index in [9.17, 15) is 4.79 Å². The van der Waals surface area contributed by atoms with Crippen LogP contribution < -0.4 is 0 Å². The van der Waals surface area contributed by atoms with E-state index in [4.69, 9.17) is 4.74 Å². The molecule has 2 atom stereocenters. The van der Waals surface area contributed by atoms with Crippen molar-refractivity contribution in [3.05, 3.63) is 23.9 Å². The van der Waals surface area contributed by atoms with Gasteiger partial charge in [0.1, 0.15) is 0 Å². The summed E-state index contributed by atoms with van der Waals surface area (Å²) in [6.45, 7) is 12.4. The van der Waals surface area contributed by atoms with Crippen LogP contribution >= 0.6 is 0 Å². The summed E-state index contributed by atoms with van der Waals surface area (Å²) in [5.74, 6) is 0. The molecular weight excluding hydrogens is 290 g/mol. The Morgan fingerprint density at radius 1 is 1.48 bits per heavy atom. The fourth-order valence-corrected chi connectivity index (χ4v) is 3.01. The van der Waals surface area contributed by atoms with Crippen molar-refractivity contribution in [1.29, 1.82) is 0 Å². The van der Waals surface area contributed by atoms with Crippen LogP contribution in [0.5, 0.6) is 0 Å². The van der Waals surface area contributed by atoms with E-state index in [-0.39, 0.29) is 24.3 Å². The number of carbonyl (C=O) groups is 1. The van der Waals surface area contributed by atoms with Crippen molar-refractivity contribution in [1.82, 2.24) is 4.90 Å². The van der Waals surface area contributed by atoms with Crippen molar-refractivity contribution < 1.29 is 9.53 Å². The largest absolute Gasteiger partial charge is 0.447 e.